The normalized spacial score (nSPS) is 19.3. The van der Waals surface area contributed by atoms with E-state index in [1.807, 2.05) is 42.3 Å². The van der Waals surface area contributed by atoms with Gasteiger partial charge >= 0.3 is 6.18 Å². The van der Waals surface area contributed by atoms with Crippen LogP contribution in [0.5, 0.6) is 0 Å². The third-order valence-corrected chi connectivity index (χ3v) is 6.04. The molecule has 2 atom stereocenters. The van der Waals surface area contributed by atoms with Gasteiger partial charge in [0.1, 0.15) is 11.6 Å². The van der Waals surface area contributed by atoms with Crippen molar-refractivity contribution in [1.29, 1.82) is 0 Å². The molecule has 4 rings (SSSR count). The average molecular weight is 443 g/mol. The second-order valence-electron chi connectivity index (χ2n) is 8.38. The Morgan fingerprint density at radius 3 is 2.31 bits per heavy atom. The number of pyridine rings is 1. The van der Waals surface area contributed by atoms with Crippen LogP contribution in [0, 0.1) is 11.7 Å². The molecule has 0 N–H and O–H groups in total. The zero-order valence-corrected chi connectivity index (χ0v) is 17.8. The number of alkyl halides is 3. The van der Waals surface area contributed by atoms with E-state index in [-0.39, 0.29) is 17.7 Å². The standard InChI is InChI=1S/C25H25F4N3/c1-31(24-12-9-21(13-30-24)25(27,28)29)15-20-16-32(14-18-5-3-2-4-6-18)17-23(20)19-7-10-22(26)11-8-19/h2-13,20,23H,14-17H2,1H3. The predicted molar refractivity (Wildman–Crippen MR) is 117 cm³/mol. The Balaban J connectivity index is 1.51. The summed E-state index contributed by atoms with van der Waals surface area (Å²) in [4.78, 5) is 8.30. The highest BCUT2D eigenvalue weighted by Crippen LogP contribution is 2.35. The number of hydrogen-bond acceptors (Lipinski definition) is 3. The van der Waals surface area contributed by atoms with Gasteiger partial charge in [-0.3, -0.25) is 4.90 Å². The fourth-order valence-corrected chi connectivity index (χ4v) is 4.43. The zero-order valence-electron chi connectivity index (χ0n) is 17.8. The molecule has 1 aliphatic heterocycles. The second-order valence-corrected chi connectivity index (χ2v) is 8.38. The molecule has 1 saturated heterocycles. The van der Waals surface area contributed by atoms with Gasteiger partial charge in [0.15, 0.2) is 0 Å². The molecule has 168 valence electrons. The summed E-state index contributed by atoms with van der Waals surface area (Å²) < 4.78 is 52.0. The summed E-state index contributed by atoms with van der Waals surface area (Å²) in [5.74, 6) is 0.641. The van der Waals surface area contributed by atoms with E-state index in [0.29, 0.717) is 12.4 Å². The Kier molecular flexibility index (Phi) is 6.46. The van der Waals surface area contributed by atoms with Crippen molar-refractivity contribution in [3.63, 3.8) is 0 Å². The summed E-state index contributed by atoms with van der Waals surface area (Å²) in [6.07, 6.45) is -3.53. The van der Waals surface area contributed by atoms with Crippen molar-refractivity contribution in [1.82, 2.24) is 9.88 Å². The number of rotatable bonds is 6. The summed E-state index contributed by atoms with van der Waals surface area (Å²) in [7, 11) is 1.84. The highest BCUT2D eigenvalue weighted by molar-refractivity contribution is 5.39. The van der Waals surface area contributed by atoms with Crippen LogP contribution in [0.3, 0.4) is 0 Å². The lowest BCUT2D eigenvalue weighted by atomic mass is 9.88. The Labute approximate surface area is 185 Å². The highest BCUT2D eigenvalue weighted by Gasteiger charge is 2.35. The van der Waals surface area contributed by atoms with Gasteiger partial charge in [-0.2, -0.15) is 13.2 Å². The lowest BCUT2D eigenvalue weighted by molar-refractivity contribution is -0.137. The Bertz CT molecular complexity index is 1000. The van der Waals surface area contributed by atoms with Crippen molar-refractivity contribution in [3.05, 3.63) is 95.4 Å². The van der Waals surface area contributed by atoms with Gasteiger partial charge in [-0.15, -0.1) is 0 Å². The Morgan fingerprint density at radius 2 is 1.69 bits per heavy atom. The maximum atomic E-state index is 13.5. The van der Waals surface area contributed by atoms with Crippen LogP contribution in [0.15, 0.2) is 72.9 Å². The van der Waals surface area contributed by atoms with Crippen LogP contribution >= 0.6 is 0 Å². The summed E-state index contributed by atoms with van der Waals surface area (Å²) in [6.45, 7) is 3.12. The first kappa shape index (κ1) is 22.3. The molecule has 3 aromatic rings. The third-order valence-electron chi connectivity index (χ3n) is 6.04. The highest BCUT2D eigenvalue weighted by atomic mass is 19.4. The molecule has 1 aromatic heterocycles. The van der Waals surface area contributed by atoms with Crippen LogP contribution in [0.4, 0.5) is 23.4 Å². The van der Waals surface area contributed by atoms with Gasteiger partial charge < -0.3 is 4.90 Å². The molecule has 0 amide bonds. The van der Waals surface area contributed by atoms with Gasteiger partial charge in [-0.1, -0.05) is 42.5 Å². The summed E-state index contributed by atoms with van der Waals surface area (Å²) in [5, 5.41) is 0. The molecule has 2 heterocycles. The summed E-state index contributed by atoms with van der Waals surface area (Å²) >= 11 is 0. The van der Waals surface area contributed by atoms with E-state index in [1.54, 1.807) is 0 Å². The fraction of sp³-hybridized carbons (Fsp3) is 0.320. The van der Waals surface area contributed by atoms with E-state index in [0.717, 1.165) is 37.5 Å². The molecular formula is C25H25F4N3. The van der Waals surface area contributed by atoms with Gasteiger partial charge in [0.2, 0.25) is 0 Å². The van der Waals surface area contributed by atoms with Crippen molar-refractivity contribution >= 4 is 5.82 Å². The van der Waals surface area contributed by atoms with Crippen LogP contribution in [0.1, 0.15) is 22.6 Å². The molecule has 32 heavy (non-hydrogen) atoms. The minimum absolute atomic E-state index is 0.191. The van der Waals surface area contributed by atoms with Gasteiger partial charge in [-0.05, 0) is 41.3 Å². The van der Waals surface area contributed by atoms with E-state index >= 15 is 0 Å². The topological polar surface area (TPSA) is 19.4 Å². The number of halogens is 4. The average Bonchev–Trinajstić information content (AvgIpc) is 3.16. The number of aromatic nitrogens is 1. The number of benzene rings is 2. The largest absolute Gasteiger partial charge is 0.417 e. The van der Waals surface area contributed by atoms with E-state index in [1.165, 1.54) is 23.8 Å². The Hall–Kier alpha value is -2.93. The minimum atomic E-state index is -4.40. The monoisotopic (exact) mass is 443 g/mol. The molecule has 2 unspecified atom stereocenters. The van der Waals surface area contributed by atoms with Crippen LogP contribution in [0.2, 0.25) is 0 Å². The number of anilines is 1. The SMILES string of the molecule is CN(CC1CN(Cc2ccccc2)CC1c1ccc(F)cc1)c1ccc(C(F)(F)F)cn1. The van der Waals surface area contributed by atoms with Crippen molar-refractivity contribution in [3.8, 4) is 0 Å². The summed E-state index contributed by atoms with van der Waals surface area (Å²) in [5.41, 5.74) is 1.54. The van der Waals surface area contributed by atoms with Gasteiger partial charge in [0.05, 0.1) is 5.56 Å². The van der Waals surface area contributed by atoms with Crippen molar-refractivity contribution in [2.24, 2.45) is 5.92 Å². The van der Waals surface area contributed by atoms with Gasteiger partial charge in [0, 0.05) is 45.3 Å². The van der Waals surface area contributed by atoms with Crippen LogP contribution in [-0.4, -0.2) is 36.6 Å². The molecule has 0 aliphatic carbocycles. The maximum Gasteiger partial charge on any atom is 0.417 e. The van der Waals surface area contributed by atoms with E-state index < -0.39 is 11.7 Å². The summed E-state index contributed by atoms with van der Waals surface area (Å²) in [6, 6.07) is 19.3. The molecule has 2 aromatic carbocycles. The fourth-order valence-electron chi connectivity index (χ4n) is 4.43. The third kappa shape index (κ3) is 5.27. The molecular weight excluding hydrogens is 418 g/mol. The van der Waals surface area contributed by atoms with Crippen molar-refractivity contribution in [2.75, 3.05) is 31.6 Å². The van der Waals surface area contributed by atoms with E-state index in [4.69, 9.17) is 0 Å². The van der Waals surface area contributed by atoms with E-state index in [2.05, 4.69) is 22.0 Å². The molecule has 0 spiro atoms. The predicted octanol–water partition coefficient (Wildman–Crippen LogP) is 5.59. The van der Waals surface area contributed by atoms with Gasteiger partial charge in [0.25, 0.3) is 0 Å². The molecule has 1 fully saturated rings. The second kappa shape index (κ2) is 9.28. The minimum Gasteiger partial charge on any atom is -0.359 e. The van der Waals surface area contributed by atoms with Crippen LogP contribution < -0.4 is 4.90 Å². The van der Waals surface area contributed by atoms with Crippen LogP contribution in [-0.2, 0) is 12.7 Å². The smallest absolute Gasteiger partial charge is 0.359 e. The molecule has 0 bridgehead atoms. The Morgan fingerprint density at radius 1 is 0.969 bits per heavy atom. The lowest BCUT2D eigenvalue weighted by Crippen LogP contribution is -2.30. The number of nitrogens with zero attached hydrogens (tertiary/aromatic N) is 3. The molecule has 3 nitrogen and oxygen atoms in total. The van der Waals surface area contributed by atoms with Crippen molar-refractivity contribution < 1.29 is 17.6 Å². The molecule has 0 radical (unpaired) electrons. The lowest BCUT2D eigenvalue weighted by Gasteiger charge is -2.26. The first-order valence-corrected chi connectivity index (χ1v) is 10.6. The van der Waals surface area contributed by atoms with Gasteiger partial charge in [-0.25, -0.2) is 9.37 Å². The first-order chi connectivity index (χ1) is 15.3. The number of likely N-dealkylation sites (tertiary alicyclic amines) is 1. The molecule has 7 heteroatoms. The molecule has 0 saturated carbocycles. The van der Waals surface area contributed by atoms with E-state index in [9.17, 15) is 17.6 Å². The quantitative estimate of drug-likeness (QED) is 0.463. The zero-order chi connectivity index (χ0) is 22.7. The van der Waals surface area contributed by atoms with Crippen molar-refractivity contribution in [2.45, 2.75) is 18.6 Å². The maximum absolute atomic E-state index is 13.5. The first-order valence-electron chi connectivity index (χ1n) is 10.6. The molecule has 1 aliphatic rings. The number of hydrogen-bond donors (Lipinski definition) is 0. The van der Waals surface area contributed by atoms with Crippen LogP contribution in [0.25, 0.3) is 0 Å².